The number of nitrogens with zero attached hydrogens (tertiary/aromatic N) is 1. The van der Waals surface area contributed by atoms with Crippen LogP contribution < -0.4 is 0 Å². The fraction of sp³-hybridized carbons (Fsp3) is 0.600. The topological polar surface area (TPSA) is 43.7 Å². The Morgan fingerprint density at radius 1 is 1.26 bits per heavy atom. The molecule has 0 radical (unpaired) electrons. The first-order valence-electron chi connectivity index (χ1n) is 6.74. The first kappa shape index (κ1) is 16.3. The van der Waals surface area contributed by atoms with Gasteiger partial charge in [-0.15, -0.1) is 17.0 Å². The van der Waals surface area contributed by atoms with Crippen LogP contribution in [0.3, 0.4) is 0 Å². The van der Waals surface area contributed by atoms with Crippen molar-refractivity contribution >= 4 is 17.0 Å². The third kappa shape index (κ3) is 3.63. The molecule has 0 fully saturated rings. The van der Waals surface area contributed by atoms with Gasteiger partial charge in [-0.3, -0.25) is 0 Å². The lowest BCUT2D eigenvalue weighted by atomic mass is 9.82. The molecule has 0 saturated heterocycles. The van der Waals surface area contributed by atoms with Gasteiger partial charge in [-0.25, -0.2) is 0 Å². The molecule has 0 saturated carbocycles. The van der Waals surface area contributed by atoms with E-state index < -0.39 is 0 Å². The van der Waals surface area contributed by atoms with E-state index in [9.17, 15) is 10.2 Å². The molecule has 0 bridgehead atoms. The smallest absolute Gasteiger partial charge is 0.157 e. The van der Waals surface area contributed by atoms with Crippen LogP contribution in [0.15, 0.2) is 12.1 Å². The van der Waals surface area contributed by atoms with E-state index in [1.54, 1.807) is 12.1 Å². The van der Waals surface area contributed by atoms with Gasteiger partial charge < -0.3 is 15.1 Å². The average molecular weight is 330 g/mol. The summed E-state index contributed by atoms with van der Waals surface area (Å²) in [5.74, 6) is 0.479. The van der Waals surface area contributed by atoms with Gasteiger partial charge >= 0.3 is 0 Å². The normalized spacial score (nSPS) is 18.3. The summed E-state index contributed by atoms with van der Waals surface area (Å²) in [5.41, 5.74) is 2.41. The molecule has 0 heterocycles. The second-order valence-corrected chi connectivity index (χ2v) is 5.66. The molecule has 1 atom stereocenters. The Morgan fingerprint density at radius 2 is 1.89 bits per heavy atom. The summed E-state index contributed by atoms with van der Waals surface area (Å²) in [6, 6.07) is 4.01. The summed E-state index contributed by atoms with van der Waals surface area (Å²) < 4.78 is 0. The number of aromatic hydroxyl groups is 2. The average Bonchev–Trinajstić information content (AvgIpc) is 2.31. The number of hydrogen-bond donors (Lipinski definition) is 2. The van der Waals surface area contributed by atoms with Crippen molar-refractivity contribution in [1.29, 1.82) is 0 Å². The fourth-order valence-electron chi connectivity index (χ4n) is 2.68. The zero-order valence-corrected chi connectivity index (χ0v) is 13.6. The quantitative estimate of drug-likeness (QED) is 0.835. The number of phenols is 2. The second-order valence-electron chi connectivity index (χ2n) is 5.66. The lowest BCUT2D eigenvalue weighted by molar-refractivity contribution is 0.247. The fourth-order valence-corrected chi connectivity index (χ4v) is 2.68. The van der Waals surface area contributed by atoms with Crippen molar-refractivity contribution in [3.05, 3.63) is 23.3 Å². The standard InChI is InChI=1S/C15H23NO2.BrH/c1-10(2)16(3)9-12-6-4-5-11-7-14(17)15(18)8-13(11)12;/h7-8,10,12,17-18H,4-6,9H2,1-3H3;1H. The third-order valence-electron chi connectivity index (χ3n) is 4.06. The van der Waals surface area contributed by atoms with Crippen LogP contribution in [0.2, 0.25) is 0 Å². The maximum Gasteiger partial charge on any atom is 0.157 e. The lowest BCUT2D eigenvalue weighted by Gasteiger charge is -2.31. The number of likely N-dealkylation sites (N-methyl/N-ethyl adjacent to an activating group) is 1. The second kappa shape index (κ2) is 6.62. The number of rotatable bonds is 3. The van der Waals surface area contributed by atoms with Crippen LogP contribution >= 0.6 is 17.0 Å². The molecule has 1 unspecified atom stereocenters. The number of halogens is 1. The van der Waals surface area contributed by atoms with E-state index in [0.717, 1.165) is 25.8 Å². The van der Waals surface area contributed by atoms with Crippen molar-refractivity contribution in [2.45, 2.75) is 45.1 Å². The Hall–Kier alpha value is -0.740. The number of phenolic OH excluding ortho intramolecular Hbond substituents is 2. The number of aryl methyl sites for hydroxylation is 1. The van der Waals surface area contributed by atoms with Crippen LogP contribution in [0.4, 0.5) is 0 Å². The molecule has 0 aliphatic heterocycles. The van der Waals surface area contributed by atoms with E-state index in [0.29, 0.717) is 12.0 Å². The summed E-state index contributed by atoms with van der Waals surface area (Å²) in [5, 5.41) is 19.2. The predicted octanol–water partition coefficient (Wildman–Crippen LogP) is 3.44. The van der Waals surface area contributed by atoms with Gasteiger partial charge in [0.2, 0.25) is 0 Å². The summed E-state index contributed by atoms with van der Waals surface area (Å²) in [6.07, 6.45) is 3.33. The molecule has 0 amide bonds. The van der Waals surface area contributed by atoms with E-state index in [1.165, 1.54) is 11.1 Å². The zero-order chi connectivity index (χ0) is 13.3. The first-order valence-corrected chi connectivity index (χ1v) is 6.74. The molecule has 1 aromatic rings. The molecule has 2 rings (SSSR count). The van der Waals surface area contributed by atoms with E-state index in [-0.39, 0.29) is 28.5 Å². The minimum absolute atomic E-state index is 0. The van der Waals surface area contributed by atoms with E-state index in [4.69, 9.17) is 0 Å². The Labute approximate surface area is 126 Å². The molecule has 4 heteroatoms. The largest absolute Gasteiger partial charge is 0.504 e. The molecule has 108 valence electrons. The van der Waals surface area contributed by atoms with Gasteiger partial charge in [-0.05, 0) is 69.3 Å². The van der Waals surface area contributed by atoms with Gasteiger partial charge in [0.1, 0.15) is 0 Å². The van der Waals surface area contributed by atoms with E-state index in [1.807, 2.05) is 0 Å². The van der Waals surface area contributed by atoms with E-state index >= 15 is 0 Å². The van der Waals surface area contributed by atoms with Crippen molar-refractivity contribution in [3.8, 4) is 11.5 Å². The molecule has 3 nitrogen and oxygen atoms in total. The van der Waals surface area contributed by atoms with Gasteiger partial charge in [-0.1, -0.05) is 0 Å². The molecule has 1 aliphatic rings. The number of fused-ring (bicyclic) bond motifs is 1. The Balaban J connectivity index is 0.00000180. The van der Waals surface area contributed by atoms with E-state index in [2.05, 4.69) is 25.8 Å². The monoisotopic (exact) mass is 329 g/mol. The molecule has 2 N–H and O–H groups in total. The summed E-state index contributed by atoms with van der Waals surface area (Å²) in [7, 11) is 2.14. The molecule has 0 aromatic heterocycles. The van der Waals surface area contributed by atoms with Gasteiger partial charge in [0.25, 0.3) is 0 Å². The molecule has 1 aromatic carbocycles. The number of hydrogen-bond acceptors (Lipinski definition) is 3. The highest BCUT2D eigenvalue weighted by molar-refractivity contribution is 8.93. The van der Waals surface area contributed by atoms with Crippen LogP contribution in [-0.4, -0.2) is 34.7 Å². The SMILES string of the molecule is Br.CC(C)N(C)CC1CCCc2cc(O)c(O)cc21. The van der Waals surface area contributed by atoms with Crippen molar-refractivity contribution in [1.82, 2.24) is 4.90 Å². The number of benzene rings is 1. The minimum atomic E-state index is 0. The van der Waals surface area contributed by atoms with Crippen molar-refractivity contribution < 1.29 is 10.2 Å². The minimum Gasteiger partial charge on any atom is -0.504 e. The highest BCUT2D eigenvalue weighted by Gasteiger charge is 2.23. The third-order valence-corrected chi connectivity index (χ3v) is 4.06. The van der Waals surface area contributed by atoms with Gasteiger partial charge in [0.15, 0.2) is 11.5 Å². The highest BCUT2D eigenvalue weighted by atomic mass is 79.9. The lowest BCUT2D eigenvalue weighted by Crippen LogP contribution is -2.32. The molecular weight excluding hydrogens is 306 g/mol. The molecule has 19 heavy (non-hydrogen) atoms. The predicted molar refractivity (Wildman–Crippen MR) is 83.5 cm³/mol. The van der Waals surface area contributed by atoms with Crippen LogP contribution in [0.25, 0.3) is 0 Å². The van der Waals surface area contributed by atoms with Gasteiger partial charge in [0.05, 0.1) is 0 Å². The summed E-state index contributed by atoms with van der Waals surface area (Å²) >= 11 is 0. The Kier molecular flexibility index (Phi) is 5.68. The highest BCUT2D eigenvalue weighted by Crippen LogP contribution is 2.38. The van der Waals surface area contributed by atoms with Gasteiger partial charge in [-0.2, -0.15) is 0 Å². The molecule has 1 aliphatic carbocycles. The first-order chi connectivity index (χ1) is 8.49. The zero-order valence-electron chi connectivity index (χ0n) is 11.9. The van der Waals surface area contributed by atoms with Crippen molar-refractivity contribution in [2.75, 3.05) is 13.6 Å². The van der Waals surface area contributed by atoms with Crippen LogP contribution in [0.1, 0.15) is 43.7 Å². The maximum atomic E-state index is 9.67. The molecule has 0 spiro atoms. The van der Waals surface area contributed by atoms with Crippen LogP contribution in [0, 0.1) is 0 Å². The van der Waals surface area contributed by atoms with Crippen LogP contribution in [0.5, 0.6) is 11.5 Å². The Morgan fingerprint density at radius 3 is 2.53 bits per heavy atom. The van der Waals surface area contributed by atoms with Crippen LogP contribution in [-0.2, 0) is 6.42 Å². The van der Waals surface area contributed by atoms with Crippen molar-refractivity contribution in [2.24, 2.45) is 0 Å². The summed E-state index contributed by atoms with van der Waals surface area (Å²) in [6.45, 7) is 5.39. The molecular formula is C15H24BrNO2. The maximum absolute atomic E-state index is 9.67. The van der Waals surface area contributed by atoms with Gasteiger partial charge in [0, 0.05) is 12.6 Å². The van der Waals surface area contributed by atoms with Crippen molar-refractivity contribution in [3.63, 3.8) is 0 Å². The summed E-state index contributed by atoms with van der Waals surface area (Å²) in [4.78, 5) is 2.34. The Bertz CT molecular complexity index is 434.